The van der Waals surface area contributed by atoms with Crippen LogP contribution >= 0.6 is 11.8 Å². The topological polar surface area (TPSA) is 84.9 Å². The zero-order chi connectivity index (χ0) is 16.1. The average Bonchev–Trinajstić information content (AvgIpc) is 2.81. The van der Waals surface area contributed by atoms with Crippen LogP contribution < -0.4 is 0 Å². The van der Waals surface area contributed by atoms with E-state index in [1.807, 2.05) is 0 Å². The minimum Gasteiger partial charge on any atom is -0.462 e. The number of hydrogen-bond donors (Lipinski definition) is 1. The Morgan fingerprint density at radius 3 is 2.59 bits per heavy atom. The Labute approximate surface area is 132 Å². The van der Waals surface area contributed by atoms with Crippen LogP contribution in [-0.2, 0) is 4.74 Å². The molecule has 2 rings (SSSR count). The van der Waals surface area contributed by atoms with Crippen molar-refractivity contribution < 1.29 is 14.3 Å². The van der Waals surface area contributed by atoms with Crippen molar-refractivity contribution in [2.45, 2.75) is 25.9 Å². The number of carbonyl (C=O) groups is 2. The normalized spacial score (nSPS) is 10.5. The number of ether oxygens (including phenoxy) is 1. The lowest BCUT2D eigenvalue weighted by atomic mass is 10.1. The number of nitrogens with zero attached hydrogens (tertiary/aromatic N) is 2. The summed E-state index contributed by atoms with van der Waals surface area (Å²) in [4.78, 5) is 35.3. The summed E-state index contributed by atoms with van der Waals surface area (Å²) < 4.78 is 5.02. The number of rotatable bonds is 6. The van der Waals surface area contributed by atoms with Gasteiger partial charge in [0.25, 0.3) is 0 Å². The van der Waals surface area contributed by atoms with Crippen molar-refractivity contribution in [1.29, 1.82) is 0 Å². The molecule has 0 saturated heterocycles. The minimum atomic E-state index is -0.410. The maximum absolute atomic E-state index is 12.3. The summed E-state index contributed by atoms with van der Waals surface area (Å²) in [6.07, 6.45) is 3.26. The zero-order valence-electron chi connectivity index (χ0n) is 12.7. The van der Waals surface area contributed by atoms with Crippen LogP contribution in [0.4, 0.5) is 0 Å². The number of aromatic nitrogens is 3. The van der Waals surface area contributed by atoms with Crippen molar-refractivity contribution in [3.05, 3.63) is 41.0 Å². The highest BCUT2D eigenvalue weighted by Gasteiger charge is 2.22. The summed E-state index contributed by atoms with van der Waals surface area (Å²) in [5.41, 5.74) is 2.13. The van der Waals surface area contributed by atoms with Crippen molar-refractivity contribution in [1.82, 2.24) is 15.0 Å². The van der Waals surface area contributed by atoms with E-state index < -0.39 is 5.97 Å². The van der Waals surface area contributed by atoms with Gasteiger partial charge in [-0.25, -0.2) is 14.8 Å². The molecule has 0 atom stereocenters. The standard InChI is InChI=1S/C15H17N3O3S/c1-4-21-14(20)12-9(2)13(18-10(12)3)11(19)8-22-15-16-6-5-7-17-15/h5-7,18H,4,8H2,1-3H3. The van der Waals surface area contributed by atoms with Crippen molar-refractivity contribution in [2.24, 2.45) is 0 Å². The Morgan fingerprint density at radius 2 is 1.95 bits per heavy atom. The van der Waals surface area contributed by atoms with Crippen LogP contribution in [0.1, 0.15) is 39.0 Å². The largest absolute Gasteiger partial charge is 0.462 e. The Bertz CT molecular complexity index is 683. The summed E-state index contributed by atoms with van der Waals surface area (Å²) in [6, 6.07) is 1.72. The molecule has 0 aliphatic carbocycles. The van der Waals surface area contributed by atoms with Gasteiger partial charge in [0.05, 0.1) is 23.6 Å². The second-order valence-corrected chi connectivity index (χ2v) is 5.53. The first-order valence-corrected chi connectivity index (χ1v) is 7.82. The van der Waals surface area contributed by atoms with Crippen LogP contribution in [0, 0.1) is 13.8 Å². The van der Waals surface area contributed by atoms with Crippen molar-refractivity contribution in [3.8, 4) is 0 Å². The number of nitrogens with one attached hydrogen (secondary N) is 1. The van der Waals surface area contributed by atoms with E-state index in [1.165, 1.54) is 11.8 Å². The number of ketones is 1. The third-order valence-electron chi connectivity index (χ3n) is 3.07. The first-order valence-electron chi connectivity index (χ1n) is 6.83. The highest BCUT2D eigenvalue weighted by Crippen LogP contribution is 2.21. The predicted octanol–water partition coefficient (Wildman–Crippen LogP) is 2.57. The molecule has 2 aromatic heterocycles. The number of H-pyrrole nitrogens is 1. The van der Waals surface area contributed by atoms with Gasteiger partial charge in [0, 0.05) is 18.1 Å². The van der Waals surface area contributed by atoms with Crippen molar-refractivity contribution in [2.75, 3.05) is 12.4 Å². The lowest BCUT2D eigenvalue weighted by molar-refractivity contribution is 0.0525. The van der Waals surface area contributed by atoms with Crippen LogP contribution in [0.25, 0.3) is 0 Å². The van der Waals surface area contributed by atoms with Gasteiger partial charge in [-0.05, 0) is 32.4 Å². The van der Waals surface area contributed by atoms with Gasteiger partial charge in [-0.1, -0.05) is 11.8 Å². The number of esters is 1. The summed E-state index contributed by atoms with van der Waals surface area (Å²) in [5.74, 6) is -0.312. The second-order valence-electron chi connectivity index (χ2n) is 4.59. The Morgan fingerprint density at radius 1 is 1.27 bits per heavy atom. The van der Waals surface area contributed by atoms with E-state index in [2.05, 4.69) is 15.0 Å². The van der Waals surface area contributed by atoms with Gasteiger partial charge in [0.15, 0.2) is 10.9 Å². The fourth-order valence-corrected chi connectivity index (χ4v) is 2.78. The Hall–Kier alpha value is -2.15. The summed E-state index contributed by atoms with van der Waals surface area (Å²) in [5, 5.41) is 0.544. The molecule has 2 aromatic rings. The third-order valence-corrected chi connectivity index (χ3v) is 3.95. The fourth-order valence-electron chi connectivity index (χ4n) is 2.10. The molecule has 0 saturated carbocycles. The SMILES string of the molecule is CCOC(=O)c1c(C)[nH]c(C(=O)CSc2ncccn2)c1C. The van der Waals surface area contributed by atoms with E-state index in [0.717, 1.165) is 0 Å². The summed E-state index contributed by atoms with van der Waals surface area (Å²) in [6.45, 7) is 5.54. The number of aromatic amines is 1. The number of hydrogen-bond acceptors (Lipinski definition) is 6. The highest BCUT2D eigenvalue weighted by molar-refractivity contribution is 7.99. The molecule has 0 aliphatic heterocycles. The van der Waals surface area contributed by atoms with Crippen LogP contribution in [0.3, 0.4) is 0 Å². The molecule has 116 valence electrons. The molecule has 0 aliphatic rings. The van der Waals surface area contributed by atoms with E-state index >= 15 is 0 Å². The Balaban J connectivity index is 2.13. The summed E-state index contributed by atoms with van der Waals surface area (Å²) >= 11 is 1.26. The van der Waals surface area contributed by atoms with Gasteiger partial charge in [0.1, 0.15) is 0 Å². The molecule has 0 radical (unpaired) electrons. The molecule has 22 heavy (non-hydrogen) atoms. The molecule has 1 N–H and O–H groups in total. The monoisotopic (exact) mass is 319 g/mol. The second kappa shape index (κ2) is 7.22. The maximum Gasteiger partial charge on any atom is 0.340 e. The van der Waals surface area contributed by atoms with Gasteiger partial charge in [-0.15, -0.1) is 0 Å². The van der Waals surface area contributed by atoms with Crippen molar-refractivity contribution >= 4 is 23.5 Å². The van der Waals surface area contributed by atoms with Gasteiger partial charge in [-0.3, -0.25) is 4.79 Å². The molecule has 7 heteroatoms. The molecule has 0 amide bonds. The molecule has 0 unspecified atom stereocenters. The number of carbonyl (C=O) groups excluding carboxylic acids is 2. The lowest BCUT2D eigenvalue weighted by Gasteiger charge is -2.02. The highest BCUT2D eigenvalue weighted by atomic mass is 32.2. The van der Waals surface area contributed by atoms with E-state index in [0.29, 0.717) is 34.3 Å². The molecule has 0 fully saturated rings. The number of Topliss-reactive ketones (excluding diaryl/α,β-unsaturated/α-hetero) is 1. The molecular weight excluding hydrogens is 302 g/mol. The van der Waals surface area contributed by atoms with Gasteiger partial charge >= 0.3 is 5.97 Å². The molecule has 6 nitrogen and oxygen atoms in total. The fraction of sp³-hybridized carbons (Fsp3) is 0.333. The van der Waals surface area contributed by atoms with E-state index in [1.54, 1.807) is 39.2 Å². The molecule has 0 aromatic carbocycles. The summed E-state index contributed by atoms with van der Waals surface area (Å²) in [7, 11) is 0. The number of thioether (sulfide) groups is 1. The average molecular weight is 319 g/mol. The molecule has 2 heterocycles. The first kappa shape index (κ1) is 16.2. The van der Waals surface area contributed by atoms with E-state index in [9.17, 15) is 9.59 Å². The lowest BCUT2D eigenvalue weighted by Crippen LogP contribution is -2.08. The number of aryl methyl sites for hydroxylation is 1. The molecule has 0 bridgehead atoms. The third kappa shape index (κ3) is 3.54. The van der Waals surface area contributed by atoms with Gasteiger partial charge in [0.2, 0.25) is 0 Å². The minimum absolute atomic E-state index is 0.103. The van der Waals surface area contributed by atoms with Crippen LogP contribution in [0.2, 0.25) is 0 Å². The van der Waals surface area contributed by atoms with Crippen LogP contribution in [0.15, 0.2) is 23.6 Å². The zero-order valence-corrected chi connectivity index (χ0v) is 13.5. The van der Waals surface area contributed by atoms with Gasteiger partial charge in [-0.2, -0.15) is 0 Å². The van der Waals surface area contributed by atoms with Crippen molar-refractivity contribution in [3.63, 3.8) is 0 Å². The van der Waals surface area contributed by atoms with Crippen LogP contribution in [0.5, 0.6) is 0 Å². The van der Waals surface area contributed by atoms with E-state index in [4.69, 9.17) is 4.74 Å². The predicted molar refractivity (Wildman–Crippen MR) is 83.3 cm³/mol. The quantitative estimate of drug-likeness (QED) is 0.381. The Kier molecular flexibility index (Phi) is 5.32. The van der Waals surface area contributed by atoms with E-state index in [-0.39, 0.29) is 11.5 Å². The molecular formula is C15H17N3O3S. The smallest absolute Gasteiger partial charge is 0.340 e. The maximum atomic E-state index is 12.3. The van der Waals surface area contributed by atoms with Crippen LogP contribution in [-0.4, -0.2) is 39.1 Å². The van der Waals surface area contributed by atoms with Gasteiger partial charge < -0.3 is 9.72 Å². The molecule has 0 spiro atoms. The first-order chi connectivity index (χ1) is 10.5.